The van der Waals surface area contributed by atoms with Crippen molar-refractivity contribution in [3.8, 4) is 0 Å². The van der Waals surface area contributed by atoms with Crippen LogP contribution in [-0.4, -0.2) is 5.78 Å². The molecule has 0 aromatic carbocycles. The molecule has 0 N–H and O–H groups in total. The Balaban J connectivity index is 2.17. The molecule has 1 saturated carbocycles. The molecule has 0 heterocycles. The van der Waals surface area contributed by atoms with Crippen LogP contribution in [0.5, 0.6) is 0 Å². The Kier molecular flexibility index (Phi) is 1.59. The number of Topliss-reactive ketones (excluding diaryl/α,β-unsaturated/α-hetero) is 1. The molecule has 3 atom stereocenters. The van der Waals surface area contributed by atoms with Gasteiger partial charge in [0, 0.05) is 11.8 Å². The summed E-state index contributed by atoms with van der Waals surface area (Å²) in [5, 5.41) is 0. The monoisotopic (exact) mass is 150 g/mol. The van der Waals surface area contributed by atoms with E-state index in [1.54, 1.807) is 0 Å². The van der Waals surface area contributed by atoms with Gasteiger partial charge in [-0.25, -0.2) is 0 Å². The van der Waals surface area contributed by atoms with E-state index >= 15 is 0 Å². The first kappa shape index (κ1) is 7.08. The summed E-state index contributed by atoms with van der Waals surface area (Å²) in [4.78, 5) is 11.6. The summed E-state index contributed by atoms with van der Waals surface area (Å²) in [5.74, 6) is 1.88. The van der Waals surface area contributed by atoms with Crippen molar-refractivity contribution in [1.82, 2.24) is 0 Å². The third-order valence-electron chi connectivity index (χ3n) is 3.02. The molecule has 0 radical (unpaired) electrons. The van der Waals surface area contributed by atoms with Gasteiger partial charge in [-0.1, -0.05) is 19.1 Å². The van der Waals surface area contributed by atoms with Gasteiger partial charge in [0.25, 0.3) is 0 Å². The highest BCUT2D eigenvalue weighted by Gasteiger charge is 2.36. The second-order valence-corrected chi connectivity index (χ2v) is 3.73. The predicted octanol–water partition coefficient (Wildman–Crippen LogP) is 2.18. The maximum Gasteiger partial charge on any atom is 0.142 e. The van der Waals surface area contributed by atoms with Gasteiger partial charge in [0.2, 0.25) is 0 Å². The molecule has 2 rings (SSSR count). The molecule has 2 aliphatic rings. The molecule has 0 aliphatic heterocycles. The molecule has 0 aromatic heterocycles. The molecule has 0 spiro atoms. The highest BCUT2D eigenvalue weighted by atomic mass is 16.1. The maximum atomic E-state index is 11.6. The lowest BCUT2D eigenvalue weighted by atomic mass is 9.78. The van der Waals surface area contributed by atoms with Crippen molar-refractivity contribution in [3.05, 3.63) is 12.2 Å². The van der Waals surface area contributed by atoms with Crippen LogP contribution < -0.4 is 0 Å². The number of ketones is 1. The summed E-state index contributed by atoms with van der Waals surface area (Å²) in [6.07, 6.45) is 7.60. The molecule has 11 heavy (non-hydrogen) atoms. The Hall–Kier alpha value is -0.590. The highest BCUT2D eigenvalue weighted by Crippen LogP contribution is 2.38. The van der Waals surface area contributed by atoms with Gasteiger partial charge in [0.05, 0.1) is 0 Å². The number of fused-ring (bicyclic) bond motifs is 2. The smallest absolute Gasteiger partial charge is 0.142 e. The minimum absolute atomic E-state index is 0.290. The number of rotatable bonds is 1. The van der Waals surface area contributed by atoms with Gasteiger partial charge >= 0.3 is 0 Å². The standard InChI is InChI=1S/C10H14O/c1-2-8-5-7-3-4-9(6-7)10(8)11/h3-4,7-9H,2,5-6H2,1H3/t7-,8+,9-/m0/s1. The molecule has 0 unspecified atom stereocenters. The van der Waals surface area contributed by atoms with Crippen LogP contribution in [0.3, 0.4) is 0 Å². The maximum absolute atomic E-state index is 11.6. The van der Waals surface area contributed by atoms with Gasteiger partial charge in [0.1, 0.15) is 5.78 Å². The topological polar surface area (TPSA) is 17.1 Å². The van der Waals surface area contributed by atoms with Crippen molar-refractivity contribution in [2.75, 3.05) is 0 Å². The lowest BCUT2D eigenvalue weighted by molar-refractivity contribution is -0.127. The zero-order chi connectivity index (χ0) is 7.84. The van der Waals surface area contributed by atoms with Gasteiger partial charge in [-0.05, 0) is 25.2 Å². The average Bonchev–Trinajstić information content (AvgIpc) is 2.42. The van der Waals surface area contributed by atoms with E-state index in [0.717, 1.165) is 25.2 Å². The number of hydrogen-bond acceptors (Lipinski definition) is 1. The Labute approximate surface area is 67.5 Å². The predicted molar refractivity (Wildman–Crippen MR) is 44.1 cm³/mol. The second-order valence-electron chi connectivity index (χ2n) is 3.73. The summed E-state index contributed by atoms with van der Waals surface area (Å²) < 4.78 is 0. The number of hydrogen-bond donors (Lipinski definition) is 0. The van der Waals surface area contributed by atoms with E-state index in [0.29, 0.717) is 17.6 Å². The lowest BCUT2D eigenvalue weighted by Crippen LogP contribution is -2.27. The van der Waals surface area contributed by atoms with Gasteiger partial charge in [-0.2, -0.15) is 0 Å². The number of carbonyl (C=O) groups is 1. The van der Waals surface area contributed by atoms with E-state index in [1.165, 1.54) is 0 Å². The van der Waals surface area contributed by atoms with Crippen molar-refractivity contribution < 1.29 is 4.79 Å². The van der Waals surface area contributed by atoms with E-state index < -0.39 is 0 Å². The van der Waals surface area contributed by atoms with Crippen molar-refractivity contribution in [2.24, 2.45) is 17.8 Å². The second kappa shape index (κ2) is 2.47. The fraction of sp³-hybridized carbons (Fsp3) is 0.700. The van der Waals surface area contributed by atoms with E-state index in [1.807, 2.05) is 0 Å². The summed E-state index contributed by atoms with van der Waals surface area (Å²) in [6.45, 7) is 2.12. The first-order valence-corrected chi connectivity index (χ1v) is 4.53. The quantitative estimate of drug-likeness (QED) is 0.523. The molecular weight excluding hydrogens is 136 g/mol. The number of allylic oxidation sites excluding steroid dienone is 2. The normalized spacial score (nSPS) is 41.5. The molecule has 1 nitrogen and oxygen atoms in total. The third-order valence-corrected chi connectivity index (χ3v) is 3.02. The van der Waals surface area contributed by atoms with Crippen LogP contribution in [0.2, 0.25) is 0 Å². The van der Waals surface area contributed by atoms with Crippen molar-refractivity contribution >= 4 is 5.78 Å². The molecule has 0 amide bonds. The molecule has 2 bridgehead atoms. The molecule has 1 fully saturated rings. The van der Waals surface area contributed by atoms with Crippen LogP contribution >= 0.6 is 0 Å². The minimum Gasteiger partial charge on any atom is -0.299 e. The van der Waals surface area contributed by atoms with Gasteiger partial charge in [-0.15, -0.1) is 0 Å². The van der Waals surface area contributed by atoms with Crippen LogP contribution in [0.15, 0.2) is 12.2 Å². The van der Waals surface area contributed by atoms with E-state index in [-0.39, 0.29) is 0 Å². The van der Waals surface area contributed by atoms with Crippen LogP contribution in [0.1, 0.15) is 26.2 Å². The zero-order valence-corrected chi connectivity index (χ0v) is 6.92. The third kappa shape index (κ3) is 1.03. The van der Waals surface area contributed by atoms with Gasteiger partial charge < -0.3 is 0 Å². The average molecular weight is 150 g/mol. The fourth-order valence-electron chi connectivity index (χ4n) is 2.31. The summed E-state index contributed by atoms with van der Waals surface area (Å²) in [6, 6.07) is 0. The van der Waals surface area contributed by atoms with Gasteiger partial charge in [0.15, 0.2) is 0 Å². The minimum atomic E-state index is 0.290. The van der Waals surface area contributed by atoms with Crippen molar-refractivity contribution in [1.29, 1.82) is 0 Å². The summed E-state index contributed by atoms with van der Waals surface area (Å²) >= 11 is 0. The Morgan fingerprint density at radius 1 is 1.45 bits per heavy atom. The fourth-order valence-corrected chi connectivity index (χ4v) is 2.31. The first-order chi connectivity index (χ1) is 5.31. The van der Waals surface area contributed by atoms with Gasteiger partial charge in [-0.3, -0.25) is 4.79 Å². The Bertz CT molecular complexity index is 205. The van der Waals surface area contributed by atoms with Crippen molar-refractivity contribution in [3.63, 3.8) is 0 Å². The molecule has 0 saturated heterocycles. The first-order valence-electron chi connectivity index (χ1n) is 4.53. The van der Waals surface area contributed by atoms with E-state index in [9.17, 15) is 4.79 Å². The molecule has 2 aliphatic carbocycles. The van der Waals surface area contributed by atoms with E-state index in [2.05, 4.69) is 19.1 Å². The zero-order valence-electron chi connectivity index (χ0n) is 6.92. The SMILES string of the molecule is CC[C@@H]1C[C@@H]2C=C[C@@H](C2)C1=O. The summed E-state index contributed by atoms with van der Waals surface area (Å²) in [5.41, 5.74) is 0. The molecule has 1 heteroatoms. The summed E-state index contributed by atoms with van der Waals surface area (Å²) in [7, 11) is 0. The lowest BCUT2D eigenvalue weighted by Gasteiger charge is -2.25. The largest absolute Gasteiger partial charge is 0.299 e. The Morgan fingerprint density at radius 3 is 3.00 bits per heavy atom. The molecular formula is C10H14O. The Morgan fingerprint density at radius 2 is 2.27 bits per heavy atom. The van der Waals surface area contributed by atoms with Crippen LogP contribution in [-0.2, 0) is 4.79 Å². The highest BCUT2D eigenvalue weighted by molar-refractivity contribution is 5.86. The molecule has 60 valence electrons. The van der Waals surface area contributed by atoms with Crippen LogP contribution in [0.4, 0.5) is 0 Å². The van der Waals surface area contributed by atoms with E-state index in [4.69, 9.17) is 0 Å². The molecule has 0 aromatic rings. The van der Waals surface area contributed by atoms with Crippen LogP contribution in [0.25, 0.3) is 0 Å². The van der Waals surface area contributed by atoms with Crippen LogP contribution in [0, 0.1) is 17.8 Å². The number of carbonyl (C=O) groups excluding carboxylic acids is 1. The van der Waals surface area contributed by atoms with Crippen molar-refractivity contribution in [2.45, 2.75) is 26.2 Å².